The molecule has 1 heterocycles. The summed E-state index contributed by atoms with van der Waals surface area (Å²) in [6.45, 7) is 2.88. The van der Waals surface area contributed by atoms with Crippen molar-refractivity contribution in [2.24, 2.45) is 0 Å². The summed E-state index contributed by atoms with van der Waals surface area (Å²) in [4.78, 5) is 11.9. The van der Waals surface area contributed by atoms with Crippen molar-refractivity contribution in [1.82, 2.24) is 0 Å². The molecule has 18 heavy (non-hydrogen) atoms. The van der Waals surface area contributed by atoms with Gasteiger partial charge in [-0.15, -0.1) is 0 Å². The van der Waals surface area contributed by atoms with E-state index in [0.717, 1.165) is 43.6 Å². The average Bonchev–Trinajstić information content (AvgIpc) is 2.86. The third-order valence-corrected chi connectivity index (χ3v) is 3.45. The number of rotatable bonds is 5. The molecule has 0 spiro atoms. The van der Waals surface area contributed by atoms with E-state index >= 15 is 0 Å². The summed E-state index contributed by atoms with van der Waals surface area (Å²) in [6, 6.07) is 6.06. The number of carbonyl (C=O) groups is 1. The molecule has 0 saturated heterocycles. The van der Waals surface area contributed by atoms with Gasteiger partial charge in [0, 0.05) is 6.42 Å². The Labute approximate surface area is 108 Å². The number of methoxy groups -OCH3 is 1. The molecular formula is C15H20O3. The van der Waals surface area contributed by atoms with Crippen molar-refractivity contribution in [2.45, 2.75) is 38.5 Å². The Balaban J connectivity index is 2.21. The van der Waals surface area contributed by atoms with Crippen LogP contribution >= 0.6 is 0 Å². The molecule has 0 amide bonds. The molecule has 98 valence electrons. The van der Waals surface area contributed by atoms with Gasteiger partial charge in [0.25, 0.3) is 0 Å². The van der Waals surface area contributed by atoms with E-state index in [-0.39, 0.29) is 11.9 Å². The topological polar surface area (TPSA) is 35.5 Å². The molecular weight excluding hydrogens is 228 g/mol. The standard InChI is InChI=1S/C15H20O3/c1-3-4-5-13(15(16)17-2)11-6-7-14-12(10-11)8-9-18-14/h6-7,10,13H,3-5,8-9H2,1-2H3. The molecule has 1 aromatic rings. The number of ether oxygens (including phenoxy) is 2. The highest BCUT2D eigenvalue weighted by Gasteiger charge is 2.23. The fourth-order valence-electron chi connectivity index (χ4n) is 2.39. The van der Waals surface area contributed by atoms with Gasteiger partial charge in [0.15, 0.2) is 0 Å². The van der Waals surface area contributed by atoms with Crippen LogP contribution in [-0.2, 0) is 16.0 Å². The zero-order chi connectivity index (χ0) is 13.0. The Kier molecular flexibility index (Phi) is 4.24. The van der Waals surface area contributed by atoms with Crippen molar-refractivity contribution in [3.05, 3.63) is 29.3 Å². The summed E-state index contributed by atoms with van der Waals surface area (Å²) in [5.41, 5.74) is 2.26. The lowest BCUT2D eigenvalue weighted by molar-refractivity contribution is -0.142. The van der Waals surface area contributed by atoms with Gasteiger partial charge in [0.2, 0.25) is 0 Å². The average molecular weight is 248 g/mol. The second-order valence-electron chi connectivity index (χ2n) is 4.68. The van der Waals surface area contributed by atoms with Gasteiger partial charge in [-0.25, -0.2) is 0 Å². The number of fused-ring (bicyclic) bond motifs is 1. The molecule has 0 aromatic heterocycles. The van der Waals surface area contributed by atoms with Crippen molar-refractivity contribution in [1.29, 1.82) is 0 Å². The third-order valence-electron chi connectivity index (χ3n) is 3.45. The van der Waals surface area contributed by atoms with Crippen LogP contribution in [0.2, 0.25) is 0 Å². The van der Waals surface area contributed by atoms with Crippen molar-refractivity contribution < 1.29 is 14.3 Å². The molecule has 3 heteroatoms. The van der Waals surface area contributed by atoms with Crippen LogP contribution in [0, 0.1) is 0 Å². The molecule has 0 saturated carbocycles. The fourth-order valence-corrected chi connectivity index (χ4v) is 2.39. The van der Waals surface area contributed by atoms with Crippen molar-refractivity contribution in [2.75, 3.05) is 13.7 Å². The van der Waals surface area contributed by atoms with Gasteiger partial charge in [-0.05, 0) is 23.6 Å². The van der Waals surface area contributed by atoms with Gasteiger partial charge in [0.05, 0.1) is 19.6 Å². The Hall–Kier alpha value is -1.51. The lowest BCUT2D eigenvalue weighted by Gasteiger charge is -2.15. The largest absolute Gasteiger partial charge is 0.493 e. The van der Waals surface area contributed by atoms with Gasteiger partial charge in [-0.1, -0.05) is 31.9 Å². The van der Waals surface area contributed by atoms with Crippen LogP contribution in [0.3, 0.4) is 0 Å². The van der Waals surface area contributed by atoms with Gasteiger partial charge < -0.3 is 9.47 Å². The normalized spacial score (nSPS) is 14.8. The molecule has 0 N–H and O–H groups in total. The highest BCUT2D eigenvalue weighted by Crippen LogP contribution is 2.31. The second kappa shape index (κ2) is 5.89. The lowest BCUT2D eigenvalue weighted by Crippen LogP contribution is -2.14. The van der Waals surface area contributed by atoms with E-state index in [4.69, 9.17) is 9.47 Å². The summed E-state index contributed by atoms with van der Waals surface area (Å²) in [6.07, 6.45) is 3.91. The van der Waals surface area contributed by atoms with Crippen molar-refractivity contribution in [3.63, 3.8) is 0 Å². The fraction of sp³-hybridized carbons (Fsp3) is 0.533. The summed E-state index contributed by atoms with van der Waals surface area (Å²) >= 11 is 0. The zero-order valence-electron chi connectivity index (χ0n) is 11.1. The first-order valence-electron chi connectivity index (χ1n) is 6.59. The minimum Gasteiger partial charge on any atom is -0.493 e. The molecule has 1 aliphatic rings. The molecule has 2 rings (SSSR count). The monoisotopic (exact) mass is 248 g/mol. The summed E-state index contributed by atoms with van der Waals surface area (Å²) in [5, 5.41) is 0. The predicted octanol–water partition coefficient (Wildman–Crippen LogP) is 3.07. The number of hydrogen-bond donors (Lipinski definition) is 0. The predicted molar refractivity (Wildman–Crippen MR) is 69.9 cm³/mol. The Morgan fingerprint density at radius 3 is 3.06 bits per heavy atom. The SMILES string of the molecule is CCCCC(C(=O)OC)c1ccc2c(c1)CCO2. The smallest absolute Gasteiger partial charge is 0.313 e. The molecule has 0 bridgehead atoms. The van der Waals surface area contributed by atoms with Gasteiger partial charge in [-0.3, -0.25) is 4.79 Å². The Morgan fingerprint density at radius 1 is 1.50 bits per heavy atom. The second-order valence-corrected chi connectivity index (χ2v) is 4.68. The third kappa shape index (κ3) is 2.66. The number of esters is 1. The first-order valence-corrected chi connectivity index (χ1v) is 6.59. The summed E-state index contributed by atoms with van der Waals surface area (Å²) in [5.74, 6) is 0.682. The highest BCUT2D eigenvalue weighted by molar-refractivity contribution is 5.78. The molecule has 1 unspecified atom stereocenters. The maximum absolute atomic E-state index is 11.9. The van der Waals surface area contributed by atoms with Crippen LogP contribution in [0.4, 0.5) is 0 Å². The van der Waals surface area contributed by atoms with E-state index in [1.165, 1.54) is 12.7 Å². The zero-order valence-corrected chi connectivity index (χ0v) is 11.1. The van der Waals surface area contributed by atoms with E-state index in [9.17, 15) is 4.79 Å². The van der Waals surface area contributed by atoms with E-state index < -0.39 is 0 Å². The van der Waals surface area contributed by atoms with Crippen LogP contribution in [0.25, 0.3) is 0 Å². The van der Waals surface area contributed by atoms with Crippen LogP contribution in [0.1, 0.15) is 43.2 Å². The molecule has 1 aromatic carbocycles. The van der Waals surface area contributed by atoms with Gasteiger partial charge in [0.1, 0.15) is 5.75 Å². The van der Waals surface area contributed by atoms with E-state index in [1.54, 1.807) is 0 Å². The number of benzene rings is 1. The molecule has 0 radical (unpaired) electrons. The van der Waals surface area contributed by atoms with E-state index in [0.29, 0.717) is 0 Å². The Morgan fingerprint density at radius 2 is 2.33 bits per heavy atom. The molecule has 1 aliphatic heterocycles. The highest BCUT2D eigenvalue weighted by atomic mass is 16.5. The first-order chi connectivity index (χ1) is 8.76. The maximum Gasteiger partial charge on any atom is 0.313 e. The molecule has 3 nitrogen and oxygen atoms in total. The minimum absolute atomic E-state index is 0.137. The van der Waals surface area contributed by atoms with E-state index in [1.807, 2.05) is 12.1 Å². The van der Waals surface area contributed by atoms with Gasteiger partial charge >= 0.3 is 5.97 Å². The molecule has 1 atom stereocenters. The van der Waals surface area contributed by atoms with Crippen LogP contribution in [0.5, 0.6) is 5.75 Å². The number of unbranched alkanes of at least 4 members (excludes halogenated alkanes) is 1. The van der Waals surface area contributed by atoms with Gasteiger partial charge in [-0.2, -0.15) is 0 Å². The van der Waals surface area contributed by atoms with Crippen LogP contribution < -0.4 is 4.74 Å². The van der Waals surface area contributed by atoms with Crippen molar-refractivity contribution >= 4 is 5.97 Å². The van der Waals surface area contributed by atoms with E-state index in [2.05, 4.69) is 13.0 Å². The summed E-state index contributed by atoms with van der Waals surface area (Å²) < 4.78 is 10.4. The van der Waals surface area contributed by atoms with Crippen LogP contribution in [-0.4, -0.2) is 19.7 Å². The quantitative estimate of drug-likeness (QED) is 0.751. The first kappa shape index (κ1) is 12.9. The minimum atomic E-state index is -0.138. The maximum atomic E-state index is 11.9. The van der Waals surface area contributed by atoms with Crippen LogP contribution in [0.15, 0.2) is 18.2 Å². The summed E-state index contributed by atoms with van der Waals surface area (Å²) in [7, 11) is 1.46. The lowest BCUT2D eigenvalue weighted by atomic mass is 9.92. The number of hydrogen-bond acceptors (Lipinski definition) is 3. The van der Waals surface area contributed by atoms with Crippen molar-refractivity contribution in [3.8, 4) is 5.75 Å². The molecule has 0 aliphatic carbocycles. The Bertz CT molecular complexity index is 426. The number of carbonyl (C=O) groups excluding carboxylic acids is 1. The molecule has 0 fully saturated rings.